The second-order valence-electron chi connectivity index (χ2n) is 11.4. The largest absolute Gasteiger partial charge is 0.192 e. The Kier molecular flexibility index (Phi) is 5.68. The van der Waals surface area contributed by atoms with E-state index in [-0.39, 0.29) is 0 Å². The first kappa shape index (κ1) is 24.9. The van der Waals surface area contributed by atoms with Crippen LogP contribution in [0.5, 0.6) is 0 Å². The number of halogens is 1. The molecule has 8 rings (SSSR count). The summed E-state index contributed by atoms with van der Waals surface area (Å²) in [6, 6.07) is 40.9. The highest BCUT2D eigenvalue weighted by molar-refractivity contribution is 6.39. The van der Waals surface area contributed by atoms with Crippen LogP contribution >= 0.6 is 11.6 Å². The van der Waals surface area contributed by atoms with Gasteiger partial charge in [-0.15, -0.1) is 0 Å². The molecule has 2 aliphatic rings. The fourth-order valence-electron chi connectivity index (χ4n) is 6.90. The highest BCUT2D eigenvalue weighted by atomic mass is 35.5. The normalized spacial score (nSPS) is 14.5. The van der Waals surface area contributed by atoms with Crippen molar-refractivity contribution in [3.05, 3.63) is 137 Å². The Morgan fingerprint density at radius 1 is 0.595 bits per heavy atom. The van der Waals surface area contributed by atoms with Gasteiger partial charge < -0.3 is 0 Å². The average molecular weight is 556 g/mol. The average Bonchev–Trinajstić information content (AvgIpc) is 3.36. The molecule has 0 aromatic heterocycles. The number of nitriles is 1. The molecule has 0 fully saturated rings. The molecule has 2 aliphatic carbocycles. The third-order valence-corrected chi connectivity index (χ3v) is 9.24. The summed E-state index contributed by atoms with van der Waals surface area (Å²) in [5.41, 5.74) is 15.6. The lowest BCUT2D eigenvalue weighted by Crippen LogP contribution is -2.06. The van der Waals surface area contributed by atoms with Crippen LogP contribution in [-0.4, -0.2) is 0 Å². The topological polar surface area (TPSA) is 23.8 Å². The molecule has 6 aromatic rings. The van der Waals surface area contributed by atoms with Crippen molar-refractivity contribution in [1.82, 2.24) is 0 Å². The molecule has 6 aromatic carbocycles. The molecule has 0 bridgehead atoms. The smallest absolute Gasteiger partial charge is 0.0991 e. The van der Waals surface area contributed by atoms with Crippen molar-refractivity contribution >= 4 is 28.4 Å². The zero-order valence-electron chi connectivity index (χ0n) is 23.2. The predicted molar refractivity (Wildman–Crippen MR) is 176 cm³/mol. The van der Waals surface area contributed by atoms with Gasteiger partial charge in [0.15, 0.2) is 0 Å². The molecule has 1 unspecified atom stereocenters. The molecular formula is C40H26ClN. The van der Waals surface area contributed by atoms with E-state index in [1.165, 1.54) is 55.5 Å². The maximum Gasteiger partial charge on any atom is 0.0991 e. The van der Waals surface area contributed by atoms with Gasteiger partial charge in [0.1, 0.15) is 0 Å². The van der Waals surface area contributed by atoms with E-state index in [4.69, 9.17) is 11.6 Å². The molecule has 0 radical (unpaired) electrons. The monoisotopic (exact) mass is 555 g/mol. The molecule has 1 nitrogen and oxygen atoms in total. The first-order valence-corrected chi connectivity index (χ1v) is 14.8. The highest BCUT2D eigenvalue weighted by Crippen LogP contribution is 2.51. The third kappa shape index (κ3) is 3.77. The lowest BCUT2D eigenvalue weighted by Gasteiger charge is -2.23. The van der Waals surface area contributed by atoms with Gasteiger partial charge in [-0.2, -0.15) is 5.26 Å². The molecular weight excluding hydrogens is 530 g/mol. The Hall–Kier alpha value is -4.90. The maximum atomic E-state index is 9.24. The van der Waals surface area contributed by atoms with E-state index in [1.54, 1.807) is 0 Å². The molecule has 1 atom stereocenters. The van der Waals surface area contributed by atoms with Gasteiger partial charge in [-0.3, -0.25) is 0 Å². The second kappa shape index (κ2) is 9.59. The summed E-state index contributed by atoms with van der Waals surface area (Å²) in [6.45, 7) is 2.27. The summed E-state index contributed by atoms with van der Waals surface area (Å²) in [4.78, 5) is 0. The Morgan fingerprint density at radius 2 is 1.14 bits per heavy atom. The van der Waals surface area contributed by atoms with Crippen molar-refractivity contribution in [1.29, 1.82) is 5.26 Å². The number of nitrogens with zero attached hydrogens (tertiary/aromatic N) is 1. The standard InChI is InChI=1S/C40H26ClN/c1-24-6-15-34-29(16-17-30(37(34)22-24)26-9-7-25(23-42)8-10-26)27-11-13-28(14-12-27)31-18-19-35-32-4-2-3-5-33(32)36-20-21-38(41)40(31)39(35)36/h2-21,24H,22H2,1H3. The van der Waals surface area contributed by atoms with Gasteiger partial charge in [0, 0.05) is 10.4 Å². The number of rotatable bonds is 3. The van der Waals surface area contributed by atoms with Gasteiger partial charge in [0.25, 0.3) is 0 Å². The lowest BCUT2D eigenvalue weighted by atomic mass is 9.81. The lowest BCUT2D eigenvalue weighted by molar-refractivity contribution is 0.719. The van der Waals surface area contributed by atoms with Gasteiger partial charge in [-0.25, -0.2) is 0 Å². The number of fused-ring (bicyclic) bond motifs is 4. The molecule has 0 aliphatic heterocycles. The molecule has 42 heavy (non-hydrogen) atoms. The van der Waals surface area contributed by atoms with Crippen LogP contribution < -0.4 is 0 Å². The third-order valence-electron chi connectivity index (χ3n) is 8.92. The molecule has 0 heterocycles. The van der Waals surface area contributed by atoms with Crippen molar-refractivity contribution < 1.29 is 0 Å². The minimum Gasteiger partial charge on any atom is -0.192 e. The summed E-state index contributed by atoms with van der Waals surface area (Å²) in [5, 5.41) is 12.4. The van der Waals surface area contributed by atoms with Crippen molar-refractivity contribution in [2.45, 2.75) is 13.3 Å². The quantitative estimate of drug-likeness (QED) is 0.213. The van der Waals surface area contributed by atoms with Gasteiger partial charge in [0.05, 0.1) is 11.6 Å². The summed E-state index contributed by atoms with van der Waals surface area (Å²) < 4.78 is 0. The van der Waals surface area contributed by atoms with E-state index >= 15 is 0 Å². The highest BCUT2D eigenvalue weighted by Gasteiger charge is 2.24. The number of benzene rings is 6. The second-order valence-corrected chi connectivity index (χ2v) is 11.8. The van der Waals surface area contributed by atoms with Crippen molar-refractivity contribution in [2.24, 2.45) is 5.92 Å². The zero-order chi connectivity index (χ0) is 28.4. The number of hydrogen-bond donors (Lipinski definition) is 0. The number of allylic oxidation sites excluding steroid dienone is 1. The van der Waals surface area contributed by atoms with Gasteiger partial charge >= 0.3 is 0 Å². The van der Waals surface area contributed by atoms with Crippen LogP contribution in [0.1, 0.15) is 23.6 Å². The van der Waals surface area contributed by atoms with Crippen LogP contribution in [0, 0.1) is 17.2 Å². The summed E-state index contributed by atoms with van der Waals surface area (Å²) >= 11 is 6.90. The molecule has 0 N–H and O–H groups in total. The molecule has 0 spiro atoms. The molecule has 2 heteroatoms. The minimum absolute atomic E-state index is 0.479. The predicted octanol–water partition coefficient (Wildman–Crippen LogP) is 11.2. The van der Waals surface area contributed by atoms with E-state index in [0.29, 0.717) is 11.5 Å². The van der Waals surface area contributed by atoms with Crippen LogP contribution in [0.3, 0.4) is 0 Å². The van der Waals surface area contributed by atoms with Crippen LogP contribution in [0.15, 0.2) is 115 Å². The first-order valence-electron chi connectivity index (χ1n) is 14.4. The molecule has 0 saturated carbocycles. The van der Waals surface area contributed by atoms with Crippen LogP contribution in [0.25, 0.3) is 72.5 Å². The minimum atomic E-state index is 0.479. The zero-order valence-corrected chi connectivity index (χ0v) is 23.9. The van der Waals surface area contributed by atoms with Gasteiger partial charge in [-0.05, 0) is 103 Å². The Labute approximate surface area is 251 Å². The van der Waals surface area contributed by atoms with E-state index in [2.05, 4.69) is 116 Å². The maximum absolute atomic E-state index is 9.24. The van der Waals surface area contributed by atoms with Crippen LogP contribution in [0.4, 0.5) is 0 Å². The number of hydrogen-bond acceptors (Lipinski definition) is 1. The first-order chi connectivity index (χ1) is 20.6. The van der Waals surface area contributed by atoms with Crippen molar-refractivity contribution in [3.8, 4) is 61.7 Å². The van der Waals surface area contributed by atoms with Crippen LogP contribution in [0.2, 0.25) is 5.02 Å². The summed E-state index contributed by atoms with van der Waals surface area (Å²) in [5.74, 6) is 0.479. The van der Waals surface area contributed by atoms with E-state index < -0.39 is 0 Å². The van der Waals surface area contributed by atoms with Crippen molar-refractivity contribution in [3.63, 3.8) is 0 Å². The molecule has 0 saturated heterocycles. The SMILES string of the molecule is CC1C=Cc2c(-c3ccc(-c4ccc5c6c(ccc(Cl)c46)-c4ccccc4-5)cc3)ccc(-c3ccc(C#N)cc3)c2C1. The van der Waals surface area contributed by atoms with E-state index in [9.17, 15) is 5.26 Å². The van der Waals surface area contributed by atoms with Gasteiger partial charge in [0.2, 0.25) is 0 Å². The summed E-state index contributed by atoms with van der Waals surface area (Å²) in [6.07, 6.45) is 5.60. The molecule has 198 valence electrons. The summed E-state index contributed by atoms with van der Waals surface area (Å²) in [7, 11) is 0. The fourth-order valence-corrected chi connectivity index (χ4v) is 7.16. The van der Waals surface area contributed by atoms with Crippen LogP contribution in [-0.2, 0) is 6.42 Å². The fraction of sp³-hybridized carbons (Fsp3) is 0.0750. The Bertz CT molecular complexity index is 2100. The Morgan fingerprint density at radius 3 is 1.83 bits per heavy atom. The molecule has 0 amide bonds. The van der Waals surface area contributed by atoms with E-state index in [0.717, 1.165) is 33.5 Å². The van der Waals surface area contributed by atoms with Crippen molar-refractivity contribution in [2.75, 3.05) is 0 Å². The van der Waals surface area contributed by atoms with E-state index in [1.807, 2.05) is 18.2 Å². The Balaban J connectivity index is 1.23. The van der Waals surface area contributed by atoms with Gasteiger partial charge in [-0.1, -0.05) is 122 Å².